The summed E-state index contributed by atoms with van der Waals surface area (Å²) in [5.41, 5.74) is 4.95. The normalized spacial score (nSPS) is 11.9. The van der Waals surface area contributed by atoms with Gasteiger partial charge in [-0.2, -0.15) is 0 Å². The molecule has 0 bridgehead atoms. The maximum Gasteiger partial charge on any atom is 0.241 e. The van der Waals surface area contributed by atoms with E-state index in [1.165, 1.54) is 12.1 Å². The van der Waals surface area contributed by atoms with Crippen LogP contribution in [0.1, 0.15) is 16.7 Å². The Kier molecular flexibility index (Phi) is 5.64. The molecule has 1 N–H and O–H groups in total. The smallest absolute Gasteiger partial charge is 0.241 e. The van der Waals surface area contributed by atoms with Crippen molar-refractivity contribution in [3.63, 3.8) is 0 Å². The van der Waals surface area contributed by atoms with Crippen LogP contribution in [0.25, 0.3) is 22.4 Å². The molecule has 3 aromatic carbocycles. The molecule has 0 unspecified atom stereocenters. The van der Waals surface area contributed by atoms with E-state index in [0.29, 0.717) is 17.3 Å². The van der Waals surface area contributed by atoms with Crippen LogP contribution >= 0.6 is 0 Å². The van der Waals surface area contributed by atoms with Gasteiger partial charge in [0.2, 0.25) is 10.0 Å². The maximum atomic E-state index is 13.4. The van der Waals surface area contributed by atoms with Crippen LogP contribution in [0.3, 0.4) is 0 Å². The van der Waals surface area contributed by atoms with Crippen LogP contribution in [0.2, 0.25) is 0 Å². The molecule has 0 aliphatic heterocycles. The number of nitrogens with zero attached hydrogens (tertiary/aromatic N) is 2. The summed E-state index contributed by atoms with van der Waals surface area (Å²) in [5.74, 6) is 0.353. The van der Waals surface area contributed by atoms with Gasteiger partial charge >= 0.3 is 0 Å². The second-order valence-corrected chi connectivity index (χ2v) is 9.41. The molecule has 1 aromatic heterocycles. The van der Waals surface area contributed by atoms with Crippen LogP contribution in [-0.4, -0.2) is 24.5 Å². The van der Waals surface area contributed by atoms with Crippen molar-refractivity contribution in [1.82, 2.24) is 14.3 Å². The van der Waals surface area contributed by atoms with E-state index >= 15 is 0 Å². The van der Waals surface area contributed by atoms with E-state index < -0.39 is 10.0 Å². The first-order chi connectivity index (χ1) is 14.8. The van der Waals surface area contributed by atoms with E-state index in [2.05, 4.69) is 9.71 Å². The third-order valence-electron chi connectivity index (χ3n) is 5.26. The summed E-state index contributed by atoms with van der Waals surface area (Å²) in [5, 5.41) is 0. The molecule has 4 rings (SSSR count). The SMILES string of the molecule is Cc1cc(C)c(S(=O)(=O)NCCn2c(-c3ccc(F)cc3)nc3ccccc32)c(C)c1. The Morgan fingerprint density at radius 1 is 0.968 bits per heavy atom. The molecule has 160 valence electrons. The zero-order chi connectivity index (χ0) is 22.2. The van der Waals surface area contributed by atoms with Crippen molar-refractivity contribution < 1.29 is 12.8 Å². The molecule has 1 heterocycles. The standard InChI is InChI=1S/C24H24FN3O2S/c1-16-14-17(2)23(18(3)15-16)31(29,30)26-12-13-28-22-7-5-4-6-21(22)27-24(28)19-8-10-20(25)11-9-19/h4-11,14-15,26H,12-13H2,1-3H3. The van der Waals surface area contributed by atoms with Crippen LogP contribution in [0, 0.1) is 26.6 Å². The van der Waals surface area contributed by atoms with E-state index in [-0.39, 0.29) is 12.4 Å². The molecule has 31 heavy (non-hydrogen) atoms. The quantitative estimate of drug-likeness (QED) is 0.474. The zero-order valence-electron chi connectivity index (χ0n) is 17.7. The topological polar surface area (TPSA) is 64.0 Å². The Balaban J connectivity index is 1.64. The third kappa shape index (κ3) is 4.24. The average Bonchev–Trinajstić information content (AvgIpc) is 3.06. The highest BCUT2D eigenvalue weighted by Gasteiger charge is 2.20. The van der Waals surface area contributed by atoms with Gasteiger partial charge in [0.25, 0.3) is 0 Å². The average molecular weight is 438 g/mol. The van der Waals surface area contributed by atoms with Gasteiger partial charge in [-0.15, -0.1) is 0 Å². The second kappa shape index (κ2) is 8.24. The van der Waals surface area contributed by atoms with Gasteiger partial charge < -0.3 is 4.57 Å². The number of sulfonamides is 1. The molecule has 0 aliphatic rings. The second-order valence-electron chi connectivity index (χ2n) is 7.71. The van der Waals surface area contributed by atoms with Gasteiger partial charge in [0.1, 0.15) is 11.6 Å². The van der Waals surface area contributed by atoms with Crippen molar-refractivity contribution in [2.24, 2.45) is 0 Å². The Morgan fingerprint density at radius 2 is 1.61 bits per heavy atom. The first-order valence-electron chi connectivity index (χ1n) is 10.0. The van der Waals surface area contributed by atoms with Gasteiger partial charge in [-0.3, -0.25) is 0 Å². The van der Waals surface area contributed by atoms with Crippen LogP contribution in [-0.2, 0) is 16.6 Å². The Morgan fingerprint density at radius 3 is 2.29 bits per heavy atom. The number of aryl methyl sites for hydroxylation is 3. The number of para-hydroxylation sites is 2. The van der Waals surface area contributed by atoms with E-state index in [0.717, 1.165) is 33.3 Å². The summed E-state index contributed by atoms with van der Waals surface area (Å²) in [6, 6.07) is 17.6. The minimum atomic E-state index is -3.66. The third-order valence-corrected chi connectivity index (χ3v) is 7.02. The number of halogens is 1. The van der Waals surface area contributed by atoms with Crippen LogP contribution in [0.4, 0.5) is 4.39 Å². The van der Waals surface area contributed by atoms with Gasteiger partial charge in [0.05, 0.1) is 15.9 Å². The van der Waals surface area contributed by atoms with Crippen molar-refractivity contribution in [2.75, 3.05) is 6.54 Å². The first-order valence-corrected chi connectivity index (χ1v) is 11.5. The van der Waals surface area contributed by atoms with Crippen LogP contribution < -0.4 is 4.72 Å². The molecule has 0 radical (unpaired) electrons. The zero-order valence-corrected chi connectivity index (χ0v) is 18.5. The summed E-state index contributed by atoms with van der Waals surface area (Å²) in [6.45, 7) is 6.15. The summed E-state index contributed by atoms with van der Waals surface area (Å²) >= 11 is 0. The molecular formula is C24H24FN3O2S. The summed E-state index contributed by atoms with van der Waals surface area (Å²) in [4.78, 5) is 5.01. The number of hydrogen-bond acceptors (Lipinski definition) is 3. The predicted molar refractivity (Wildman–Crippen MR) is 121 cm³/mol. The fourth-order valence-electron chi connectivity index (χ4n) is 4.08. The van der Waals surface area contributed by atoms with Crippen molar-refractivity contribution in [2.45, 2.75) is 32.2 Å². The van der Waals surface area contributed by atoms with Gasteiger partial charge in [-0.25, -0.2) is 22.5 Å². The fraction of sp³-hybridized carbons (Fsp3) is 0.208. The van der Waals surface area contributed by atoms with Crippen molar-refractivity contribution in [3.8, 4) is 11.4 Å². The molecule has 0 aliphatic carbocycles. The highest BCUT2D eigenvalue weighted by atomic mass is 32.2. The number of fused-ring (bicyclic) bond motifs is 1. The number of rotatable bonds is 6. The Labute approximate surface area is 181 Å². The number of imidazole rings is 1. The van der Waals surface area contributed by atoms with Crippen molar-refractivity contribution in [1.29, 1.82) is 0 Å². The Bertz CT molecular complexity index is 1340. The number of aromatic nitrogens is 2. The van der Waals surface area contributed by atoms with Crippen LogP contribution in [0.5, 0.6) is 0 Å². The minimum Gasteiger partial charge on any atom is -0.323 e. The first kappa shape index (κ1) is 21.2. The van der Waals surface area contributed by atoms with Gasteiger partial charge in [0, 0.05) is 18.7 Å². The number of hydrogen-bond donors (Lipinski definition) is 1. The van der Waals surface area contributed by atoms with E-state index in [1.807, 2.05) is 61.7 Å². The summed E-state index contributed by atoms with van der Waals surface area (Å²) < 4.78 is 44.1. The predicted octanol–water partition coefficient (Wildman–Crippen LogP) is 4.75. The summed E-state index contributed by atoms with van der Waals surface area (Å²) in [7, 11) is -3.66. The molecule has 0 saturated carbocycles. The monoisotopic (exact) mass is 437 g/mol. The van der Waals surface area contributed by atoms with E-state index in [9.17, 15) is 12.8 Å². The molecule has 5 nitrogen and oxygen atoms in total. The minimum absolute atomic E-state index is 0.198. The molecule has 0 amide bonds. The molecule has 0 atom stereocenters. The lowest BCUT2D eigenvalue weighted by molar-refractivity contribution is 0.573. The van der Waals surface area contributed by atoms with Gasteiger partial charge in [-0.1, -0.05) is 29.8 Å². The largest absolute Gasteiger partial charge is 0.323 e. The summed E-state index contributed by atoms with van der Waals surface area (Å²) in [6.07, 6.45) is 0. The molecule has 0 saturated heterocycles. The van der Waals surface area contributed by atoms with E-state index in [4.69, 9.17) is 0 Å². The van der Waals surface area contributed by atoms with Gasteiger partial charge in [-0.05, 0) is 68.3 Å². The lowest BCUT2D eigenvalue weighted by Gasteiger charge is -2.14. The number of benzene rings is 3. The Hall–Kier alpha value is -3.03. The highest BCUT2D eigenvalue weighted by Crippen LogP contribution is 2.25. The molecular weight excluding hydrogens is 413 g/mol. The fourth-order valence-corrected chi connectivity index (χ4v) is 5.55. The molecule has 0 fully saturated rings. The van der Waals surface area contributed by atoms with Crippen molar-refractivity contribution in [3.05, 3.63) is 83.2 Å². The van der Waals surface area contributed by atoms with E-state index in [1.54, 1.807) is 12.1 Å². The molecule has 4 aromatic rings. The molecule has 7 heteroatoms. The van der Waals surface area contributed by atoms with Gasteiger partial charge in [0.15, 0.2) is 0 Å². The maximum absolute atomic E-state index is 13.4. The highest BCUT2D eigenvalue weighted by molar-refractivity contribution is 7.89. The lowest BCUT2D eigenvalue weighted by atomic mass is 10.1. The molecule has 0 spiro atoms. The van der Waals surface area contributed by atoms with Crippen LogP contribution in [0.15, 0.2) is 65.6 Å². The number of nitrogens with one attached hydrogen (secondary N) is 1. The van der Waals surface area contributed by atoms with Crippen molar-refractivity contribution >= 4 is 21.1 Å². The lowest BCUT2D eigenvalue weighted by Crippen LogP contribution is -2.28.